The van der Waals surface area contributed by atoms with Crippen LogP contribution < -0.4 is 15.5 Å². The van der Waals surface area contributed by atoms with Gasteiger partial charge < -0.3 is 20.5 Å². The van der Waals surface area contributed by atoms with E-state index in [0.717, 1.165) is 48.6 Å². The van der Waals surface area contributed by atoms with Crippen LogP contribution in [-0.4, -0.2) is 33.0 Å². The average Bonchev–Trinajstić information content (AvgIpc) is 3.19. The smallest absolute Gasteiger partial charge is 0.231 e. The Morgan fingerprint density at radius 1 is 0.742 bits per heavy atom. The number of rotatable bonds is 5. The molecule has 0 unspecified atom stereocenters. The van der Waals surface area contributed by atoms with E-state index in [-0.39, 0.29) is 0 Å². The summed E-state index contributed by atoms with van der Waals surface area (Å²) in [5, 5.41) is 7.92. The number of aromatic amines is 1. The summed E-state index contributed by atoms with van der Waals surface area (Å²) >= 11 is 12.0. The van der Waals surface area contributed by atoms with E-state index in [4.69, 9.17) is 28.2 Å². The molecule has 0 saturated carbocycles. The number of aromatic nitrogens is 4. The number of imidazole rings is 1. The van der Waals surface area contributed by atoms with Crippen LogP contribution in [0.2, 0.25) is 10.0 Å². The largest absolute Gasteiger partial charge is 0.355 e. The molecule has 2 aromatic heterocycles. The number of piperidine rings is 1. The molecule has 31 heavy (non-hydrogen) atoms. The molecule has 0 atom stereocenters. The van der Waals surface area contributed by atoms with Gasteiger partial charge >= 0.3 is 0 Å². The molecule has 0 spiro atoms. The van der Waals surface area contributed by atoms with Crippen LogP contribution in [0.4, 0.5) is 29.1 Å². The first-order valence-corrected chi connectivity index (χ1v) is 11.0. The number of nitrogens with zero attached hydrogens (tertiary/aromatic N) is 4. The Bertz CT molecular complexity index is 1180. The Labute approximate surface area is 189 Å². The van der Waals surface area contributed by atoms with Crippen molar-refractivity contribution in [2.75, 3.05) is 28.6 Å². The molecule has 4 aromatic rings. The van der Waals surface area contributed by atoms with E-state index in [0.29, 0.717) is 27.6 Å². The molecule has 1 saturated heterocycles. The SMILES string of the molecule is Clc1ccc(Nc2nc(N3CCCCC3)c3[nH]c(Nc4ccc(Cl)cc4)nc3n2)cc1. The highest BCUT2D eigenvalue weighted by molar-refractivity contribution is 6.30. The van der Waals surface area contributed by atoms with Crippen molar-refractivity contribution in [3.63, 3.8) is 0 Å². The highest BCUT2D eigenvalue weighted by Crippen LogP contribution is 2.29. The van der Waals surface area contributed by atoms with E-state index < -0.39 is 0 Å². The van der Waals surface area contributed by atoms with Crippen LogP contribution in [0.15, 0.2) is 48.5 Å². The molecule has 0 bridgehead atoms. The third-order valence-corrected chi connectivity index (χ3v) is 5.70. The highest BCUT2D eigenvalue weighted by atomic mass is 35.5. The zero-order valence-corrected chi connectivity index (χ0v) is 18.2. The van der Waals surface area contributed by atoms with Gasteiger partial charge in [-0.25, -0.2) is 0 Å². The molecule has 0 aliphatic carbocycles. The molecular weight excluding hydrogens is 433 g/mol. The monoisotopic (exact) mass is 453 g/mol. The summed E-state index contributed by atoms with van der Waals surface area (Å²) in [6.45, 7) is 1.93. The summed E-state index contributed by atoms with van der Waals surface area (Å²) in [6, 6.07) is 14.9. The highest BCUT2D eigenvalue weighted by Gasteiger charge is 2.20. The first-order valence-electron chi connectivity index (χ1n) is 10.2. The molecule has 1 aliphatic rings. The number of halogens is 2. The molecule has 7 nitrogen and oxygen atoms in total. The molecule has 1 fully saturated rings. The Morgan fingerprint density at radius 3 is 2.00 bits per heavy atom. The number of fused-ring (bicyclic) bond motifs is 1. The van der Waals surface area contributed by atoms with E-state index in [1.165, 1.54) is 6.42 Å². The van der Waals surface area contributed by atoms with Crippen molar-refractivity contribution in [1.29, 1.82) is 0 Å². The number of hydrogen-bond acceptors (Lipinski definition) is 6. The molecule has 1 aliphatic heterocycles. The van der Waals surface area contributed by atoms with Crippen molar-refractivity contribution in [3.8, 4) is 0 Å². The minimum Gasteiger partial charge on any atom is -0.355 e. The van der Waals surface area contributed by atoms with Gasteiger partial charge in [0.25, 0.3) is 0 Å². The number of hydrogen-bond donors (Lipinski definition) is 3. The van der Waals surface area contributed by atoms with Crippen LogP contribution in [0, 0.1) is 0 Å². The van der Waals surface area contributed by atoms with Gasteiger partial charge in [0.05, 0.1) is 0 Å². The predicted octanol–water partition coefficient (Wildman–Crippen LogP) is 6.14. The predicted molar refractivity (Wildman–Crippen MR) is 127 cm³/mol. The second kappa shape index (κ2) is 8.61. The number of H-pyrrole nitrogens is 1. The minimum atomic E-state index is 0.500. The van der Waals surface area contributed by atoms with E-state index >= 15 is 0 Å². The number of anilines is 5. The van der Waals surface area contributed by atoms with Crippen LogP contribution in [0.5, 0.6) is 0 Å². The molecule has 3 N–H and O–H groups in total. The van der Waals surface area contributed by atoms with Gasteiger partial charge in [0.2, 0.25) is 11.9 Å². The van der Waals surface area contributed by atoms with Gasteiger partial charge in [0, 0.05) is 34.5 Å². The second-order valence-electron chi connectivity index (χ2n) is 7.47. The average molecular weight is 454 g/mol. The van der Waals surface area contributed by atoms with Crippen LogP contribution >= 0.6 is 23.2 Å². The summed E-state index contributed by atoms with van der Waals surface area (Å²) in [7, 11) is 0. The van der Waals surface area contributed by atoms with Crippen LogP contribution in [-0.2, 0) is 0 Å². The van der Waals surface area contributed by atoms with Gasteiger partial charge in [0.15, 0.2) is 11.5 Å². The summed E-state index contributed by atoms with van der Waals surface area (Å²) in [4.78, 5) is 19.8. The summed E-state index contributed by atoms with van der Waals surface area (Å²) < 4.78 is 0. The zero-order chi connectivity index (χ0) is 21.2. The maximum atomic E-state index is 6.00. The molecule has 0 radical (unpaired) electrons. The van der Waals surface area contributed by atoms with Crippen molar-refractivity contribution in [3.05, 3.63) is 58.6 Å². The molecule has 9 heteroatoms. The number of benzene rings is 2. The Morgan fingerprint density at radius 2 is 1.35 bits per heavy atom. The van der Waals surface area contributed by atoms with Gasteiger partial charge in [-0.1, -0.05) is 23.2 Å². The Balaban J connectivity index is 1.52. The maximum Gasteiger partial charge on any atom is 0.231 e. The first kappa shape index (κ1) is 19.9. The van der Waals surface area contributed by atoms with Crippen molar-refractivity contribution < 1.29 is 0 Å². The summed E-state index contributed by atoms with van der Waals surface area (Å²) in [6.07, 6.45) is 3.54. The standard InChI is InChI=1S/C22H21Cl2N7/c23-14-4-8-16(9-5-14)25-21-27-18-19(28-21)29-22(26-17-10-6-15(24)7-11-17)30-20(18)31-12-2-1-3-13-31/h4-11H,1-3,12-13H2,(H3,25,26,27,28,29,30). The van der Waals surface area contributed by atoms with Crippen molar-refractivity contribution in [1.82, 2.24) is 19.9 Å². The zero-order valence-electron chi connectivity index (χ0n) is 16.7. The maximum absolute atomic E-state index is 6.00. The van der Waals surface area contributed by atoms with E-state index in [1.807, 2.05) is 48.5 Å². The quantitative estimate of drug-likeness (QED) is 0.336. The first-order chi connectivity index (χ1) is 15.1. The topological polar surface area (TPSA) is 81.8 Å². The third kappa shape index (κ3) is 4.52. The lowest BCUT2D eigenvalue weighted by molar-refractivity contribution is 0.574. The van der Waals surface area contributed by atoms with Crippen molar-refractivity contribution in [2.24, 2.45) is 0 Å². The molecule has 2 aromatic carbocycles. The van der Waals surface area contributed by atoms with E-state index in [9.17, 15) is 0 Å². The molecule has 3 heterocycles. The van der Waals surface area contributed by atoms with Gasteiger partial charge in [-0.15, -0.1) is 0 Å². The fourth-order valence-corrected chi connectivity index (χ4v) is 3.92. The lowest BCUT2D eigenvalue weighted by Gasteiger charge is -2.28. The Hall–Kier alpha value is -3.03. The van der Waals surface area contributed by atoms with E-state index in [2.05, 4.69) is 30.5 Å². The van der Waals surface area contributed by atoms with Crippen LogP contribution in [0.25, 0.3) is 11.2 Å². The van der Waals surface area contributed by atoms with Gasteiger partial charge in [-0.05, 0) is 67.8 Å². The third-order valence-electron chi connectivity index (χ3n) is 5.19. The fraction of sp³-hybridized carbons (Fsp3) is 0.227. The van der Waals surface area contributed by atoms with Gasteiger partial charge in [0.1, 0.15) is 5.52 Å². The van der Waals surface area contributed by atoms with Crippen LogP contribution in [0.3, 0.4) is 0 Å². The van der Waals surface area contributed by atoms with E-state index in [1.54, 1.807) is 0 Å². The normalized spacial score (nSPS) is 14.1. The summed E-state index contributed by atoms with van der Waals surface area (Å²) in [5.74, 6) is 1.96. The fourth-order valence-electron chi connectivity index (χ4n) is 3.66. The number of nitrogens with one attached hydrogen (secondary N) is 3. The van der Waals surface area contributed by atoms with Gasteiger partial charge in [-0.3, -0.25) is 0 Å². The molecule has 158 valence electrons. The lowest BCUT2D eigenvalue weighted by atomic mass is 10.1. The minimum absolute atomic E-state index is 0.500. The molecule has 0 amide bonds. The van der Waals surface area contributed by atoms with Crippen LogP contribution in [0.1, 0.15) is 19.3 Å². The second-order valence-corrected chi connectivity index (χ2v) is 8.34. The lowest BCUT2D eigenvalue weighted by Crippen LogP contribution is -2.30. The van der Waals surface area contributed by atoms with Gasteiger partial charge in [-0.2, -0.15) is 15.0 Å². The summed E-state index contributed by atoms with van der Waals surface area (Å²) in [5.41, 5.74) is 3.17. The molecule has 5 rings (SSSR count). The Kier molecular flexibility index (Phi) is 5.53. The van der Waals surface area contributed by atoms with Crippen molar-refractivity contribution >= 4 is 63.5 Å². The van der Waals surface area contributed by atoms with Crippen molar-refractivity contribution in [2.45, 2.75) is 19.3 Å². The molecular formula is C22H21Cl2N7.